The number of anilines is 1. The Labute approximate surface area is 182 Å². The van der Waals surface area contributed by atoms with Gasteiger partial charge in [-0.25, -0.2) is 8.42 Å². The number of aromatic nitrogens is 2. The fraction of sp³-hybridized carbons (Fsp3) is 0.143. The van der Waals surface area contributed by atoms with E-state index in [0.29, 0.717) is 33.5 Å². The molecule has 4 aromatic rings. The van der Waals surface area contributed by atoms with Gasteiger partial charge < -0.3 is 14.0 Å². The summed E-state index contributed by atoms with van der Waals surface area (Å²) in [4.78, 5) is 4.92. The predicted molar refractivity (Wildman–Crippen MR) is 116 cm³/mol. The summed E-state index contributed by atoms with van der Waals surface area (Å²) in [6.07, 6.45) is 0. The molecule has 5 rings (SSSR count). The molecule has 158 valence electrons. The summed E-state index contributed by atoms with van der Waals surface area (Å²) in [5, 5.41) is 5.71. The van der Waals surface area contributed by atoms with Gasteiger partial charge in [0.15, 0.2) is 11.5 Å². The quantitative estimate of drug-likeness (QED) is 0.442. The van der Waals surface area contributed by atoms with E-state index in [1.807, 2.05) is 25.1 Å². The zero-order chi connectivity index (χ0) is 21.6. The molecule has 0 radical (unpaired) electrons. The molecular weight excluding hydrogens is 438 g/mol. The molecule has 10 heteroatoms. The van der Waals surface area contributed by atoms with E-state index in [-0.39, 0.29) is 17.6 Å². The van der Waals surface area contributed by atoms with E-state index in [9.17, 15) is 8.42 Å². The topological polar surface area (TPSA) is 94.8 Å². The lowest BCUT2D eigenvalue weighted by Crippen LogP contribution is -2.26. The van der Waals surface area contributed by atoms with E-state index in [2.05, 4.69) is 10.1 Å². The third kappa shape index (κ3) is 3.43. The molecular formula is C21H17N3O5S2. The summed E-state index contributed by atoms with van der Waals surface area (Å²) >= 11 is 1.23. The number of sulfonamides is 1. The van der Waals surface area contributed by atoms with Crippen LogP contribution in [0.5, 0.6) is 11.5 Å². The summed E-state index contributed by atoms with van der Waals surface area (Å²) in [6.45, 7) is 2.08. The lowest BCUT2D eigenvalue weighted by atomic mass is 10.2. The van der Waals surface area contributed by atoms with Crippen LogP contribution in [0.3, 0.4) is 0 Å². The van der Waals surface area contributed by atoms with E-state index in [4.69, 9.17) is 14.0 Å². The molecule has 0 bridgehead atoms. The average molecular weight is 456 g/mol. The minimum Gasteiger partial charge on any atom is -0.454 e. The van der Waals surface area contributed by atoms with Crippen molar-refractivity contribution in [3.63, 3.8) is 0 Å². The summed E-state index contributed by atoms with van der Waals surface area (Å²) in [5.41, 5.74) is 2.22. The van der Waals surface area contributed by atoms with Crippen LogP contribution in [0.15, 0.2) is 63.3 Å². The number of aryl methyl sites for hydroxylation is 1. The third-order valence-corrected chi connectivity index (χ3v) is 7.74. The molecule has 0 amide bonds. The number of ether oxygens (including phenoxy) is 2. The van der Waals surface area contributed by atoms with E-state index in [0.717, 1.165) is 5.56 Å². The van der Waals surface area contributed by atoms with Crippen molar-refractivity contribution < 1.29 is 22.4 Å². The molecule has 31 heavy (non-hydrogen) atoms. The number of hydrogen-bond acceptors (Lipinski definition) is 8. The number of hydrogen-bond donors (Lipinski definition) is 0. The van der Waals surface area contributed by atoms with E-state index in [1.54, 1.807) is 35.7 Å². The van der Waals surface area contributed by atoms with Crippen LogP contribution in [0.2, 0.25) is 0 Å². The molecule has 0 spiro atoms. The Morgan fingerprint density at radius 2 is 1.90 bits per heavy atom. The first-order valence-corrected chi connectivity index (χ1v) is 11.6. The maximum atomic E-state index is 13.3. The molecule has 0 N–H and O–H groups in total. The molecule has 1 aliphatic heterocycles. The van der Waals surface area contributed by atoms with Crippen LogP contribution in [-0.2, 0) is 10.0 Å². The maximum Gasteiger partial charge on any atom is 0.269 e. The van der Waals surface area contributed by atoms with Crippen molar-refractivity contribution in [2.45, 2.75) is 11.8 Å². The van der Waals surface area contributed by atoms with Crippen LogP contribution < -0.4 is 13.8 Å². The highest BCUT2D eigenvalue weighted by Gasteiger charge is 2.29. The van der Waals surface area contributed by atoms with E-state index in [1.165, 1.54) is 22.7 Å². The number of fused-ring (bicyclic) bond motifs is 1. The van der Waals surface area contributed by atoms with Crippen LogP contribution in [-0.4, -0.2) is 32.4 Å². The van der Waals surface area contributed by atoms with Crippen LogP contribution in [0.1, 0.15) is 5.56 Å². The van der Waals surface area contributed by atoms with Crippen molar-refractivity contribution in [3.8, 4) is 33.7 Å². The summed E-state index contributed by atoms with van der Waals surface area (Å²) in [7, 11) is -2.30. The largest absolute Gasteiger partial charge is 0.454 e. The normalized spacial score (nSPS) is 12.8. The fourth-order valence-corrected chi connectivity index (χ4v) is 5.74. The van der Waals surface area contributed by atoms with Crippen molar-refractivity contribution in [1.29, 1.82) is 0 Å². The van der Waals surface area contributed by atoms with Crippen molar-refractivity contribution in [2.24, 2.45) is 0 Å². The Morgan fingerprint density at radius 1 is 1.06 bits per heavy atom. The number of rotatable bonds is 5. The van der Waals surface area contributed by atoms with Gasteiger partial charge in [0.2, 0.25) is 12.6 Å². The van der Waals surface area contributed by atoms with Gasteiger partial charge in [0, 0.05) is 12.6 Å². The van der Waals surface area contributed by atoms with Gasteiger partial charge in [-0.05, 0) is 54.3 Å². The molecule has 1 aliphatic rings. The summed E-state index contributed by atoms with van der Waals surface area (Å²) < 4.78 is 44.0. The van der Waals surface area contributed by atoms with Crippen molar-refractivity contribution in [1.82, 2.24) is 10.1 Å². The second-order valence-corrected chi connectivity index (χ2v) is 9.77. The van der Waals surface area contributed by atoms with E-state index >= 15 is 0 Å². The lowest BCUT2D eigenvalue weighted by molar-refractivity contribution is 0.174. The first-order valence-electron chi connectivity index (χ1n) is 9.31. The molecule has 2 aromatic heterocycles. The first kappa shape index (κ1) is 19.6. The van der Waals surface area contributed by atoms with Crippen molar-refractivity contribution >= 4 is 27.0 Å². The highest BCUT2D eigenvalue weighted by Crippen LogP contribution is 2.38. The van der Waals surface area contributed by atoms with Gasteiger partial charge in [0.05, 0.1) is 5.69 Å². The van der Waals surface area contributed by atoms with Gasteiger partial charge in [0.1, 0.15) is 9.77 Å². The number of nitrogens with zero attached hydrogens (tertiary/aromatic N) is 3. The maximum absolute atomic E-state index is 13.3. The SMILES string of the molecule is Cc1cccc(N(C)S(=O)(=O)c2ccsc2-c2nc(-c3ccc4c(c3)OCO4)no2)c1. The van der Waals surface area contributed by atoms with Gasteiger partial charge in [-0.2, -0.15) is 4.98 Å². The molecule has 3 heterocycles. The third-order valence-electron chi connectivity index (χ3n) is 4.88. The molecule has 0 saturated carbocycles. The lowest BCUT2D eigenvalue weighted by Gasteiger charge is -2.19. The second-order valence-electron chi connectivity index (χ2n) is 6.92. The average Bonchev–Trinajstić information content (AvgIpc) is 3.52. The van der Waals surface area contributed by atoms with Crippen molar-refractivity contribution in [2.75, 3.05) is 18.1 Å². The molecule has 8 nitrogen and oxygen atoms in total. The zero-order valence-electron chi connectivity index (χ0n) is 16.6. The molecule has 2 aromatic carbocycles. The minimum absolute atomic E-state index is 0.113. The monoisotopic (exact) mass is 455 g/mol. The van der Waals surface area contributed by atoms with Gasteiger partial charge in [-0.15, -0.1) is 11.3 Å². The molecule has 0 saturated heterocycles. The highest BCUT2D eigenvalue weighted by molar-refractivity contribution is 7.93. The molecule has 0 fully saturated rings. The highest BCUT2D eigenvalue weighted by atomic mass is 32.2. The minimum atomic E-state index is -3.83. The molecule has 0 atom stereocenters. The van der Waals surface area contributed by atoms with Gasteiger partial charge in [-0.1, -0.05) is 17.3 Å². The standard InChI is InChI=1S/C21H17N3O5S2/c1-13-4-3-5-15(10-13)24(2)31(25,26)18-8-9-30-19(18)21-22-20(23-29-21)14-6-7-16-17(11-14)28-12-27-16/h3-11H,12H2,1-2H3. The van der Waals surface area contributed by atoms with Gasteiger partial charge >= 0.3 is 0 Å². The van der Waals surface area contributed by atoms with Gasteiger partial charge in [-0.3, -0.25) is 4.31 Å². The van der Waals surface area contributed by atoms with Crippen LogP contribution in [0, 0.1) is 6.92 Å². The second kappa shape index (κ2) is 7.40. The van der Waals surface area contributed by atoms with Gasteiger partial charge in [0.25, 0.3) is 15.9 Å². The Hall–Kier alpha value is -3.37. The Bertz CT molecular complexity index is 1380. The predicted octanol–water partition coefficient (Wildman–Crippen LogP) is 4.33. The fourth-order valence-electron chi connectivity index (χ4n) is 3.24. The number of thiophene rings is 1. The summed E-state index contributed by atoms with van der Waals surface area (Å²) in [6, 6.07) is 14.2. The Morgan fingerprint density at radius 3 is 2.74 bits per heavy atom. The Kier molecular flexibility index (Phi) is 4.67. The van der Waals surface area contributed by atoms with Crippen molar-refractivity contribution in [3.05, 3.63) is 59.5 Å². The first-order chi connectivity index (χ1) is 14.9. The Balaban J connectivity index is 1.49. The zero-order valence-corrected chi connectivity index (χ0v) is 18.2. The van der Waals surface area contributed by atoms with E-state index < -0.39 is 10.0 Å². The van der Waals surface area contributed by atoms with Crippen LogP contribution in [0.4, 0.5) is 5.69 Å². The number of benzene rings is 2. The van der Waals surface area contributed by atoms with Crippen LogP contribution >= 0.6 is 11.3 Å². The molecule has 0 unspecified atom stereocenters. The smallest absolute Gasteiger partial charge is 0.269 e. The van der Waals surface area contributed by atoms with Crippen LogP contribution in [0.25, 0.3) is 22.2 Å². The summed E-state index contributed by atoms with van der Waals surface area (Å²) in [5.74, 6) is 1.72. The molecule has 0 aliphatic carbocycles.